The first-order chi connectivity index (χ1) is 7.85. The van der Waals surface area contributed by atoms with Gasteiger partial charge in [0.1, 0.15) is 5.82 Å². The van der Waals surface area contributed by atoms with Crippen LogP contribution in [0.3, 0.4) is 0 Å². The van der Waals surface area contributed by atoms with E-state index < -0.39 is 0 Å². The van der Waals surface area contributed by atoms with E-state index in [4.69, 9.17) is 0 Å². The van der Waals surface area contributed by atoms with Crippen LogP contribution >= 0.6 is 27.5 Å². The Kier molecular flexibility index (Phi) is 4.58. The van der Waals surface area contributed by atoms with Crippen LogP contribution in [0.5, 0.6) is 0 Å². The molecule has 0 N–H and O–H groups in total. The Hall–Kier alpha value is -0.160. The maximum atomic E-state index is 4.60. The summed E-state index contributed by atoms with van der Waals surface area (Å²) in [5, 5.41) is 2.12. The van der Waals surface area contributed by atoms with Gasteiger partial charge in [-0.15, -0.1) is 0 Å². The minimum atomic E-state index is 0.690. The van der Waals surface area contributed by atoms with Crippen LogP contribution in [0.1, 0.15) is 38.4 Å². The van der Waals surface area contributed by atoms with Crippen molar-refractivity contribution < 1.29 is 0 Å². The number of nitrogens with zero attached hydrogens (tertiary/aromatic N) is 3. The van der Waals surface area contributed by atoms with Crippen LogP contribution < -0.4 is 4.90 Å². The summed E-state index contributed by atoms with van der Waals surface area (Å²) in [6.45, 7) is 3.15. The van der Waals surface area contributed by atoms with Gasteiger partial charge in [0.25, 0.3) is 0 Å². The number of halogens is 1. The third-order valence-electron chi connectivity index (χ3n) is 3.11. The highest BCUT2D eigenvalue weighted by Gasteiger charge is 2.24. The molecule has 0 aliphatic heterocycles. The number of anilines is 1. The predicted molar refractivity (Wildman–Crippen MR) is 72.7 cm³/mol. The van der Waals surface area contributed by atoms with Crippen molar-refractivity contribution in [3.8, 4) is 0 Å². The quantitative estimate of drug-likeness (QED) is 0.782. The molecule has 5 heteroatoms. The molecule has 90 valence electrons. The molecule has 2 rings (SSSR count). The molecule has 0 bridgehead atoms. The standard InChI is InChI=1S/C11H18BrN3S/c1-2-10-13-11(16-14-10)15(8-7-12)9-5-3-4-6-9/h9H,2-8H2,1H3. The van der Waals surface area contributed by atoms with Gasteiger partial charge in [0.2, 0.25) is 5.13 Å². The topological polar surface area (TPSA) is 29.0 Å². The highest BCUT2D eigenvalue weighted by Crippen LogP contribution is 2.29. The van der Waals surface area contributed by atoms with Crippen molar-refractivity contribution in [2.75, 3.05) is 16.8 Å². The molecule has 0 spiro atoms. The Labute approximate surface area is 110 Å². The number of hydrogen-bond acceptors (Lipinski definition) is 4. The molecule has 0 amide bonds. The van der Waals surface area contributed by atoms with Gasteiger partial charge >= 0.3 is 0 Å². The smallest absolute Gasteiger partial charge is 0.205 e. The summed E-state index contributed by atoms with van der Waals surface area (Å²) in [4.78, 5) is 7.05. The van der Waals surface area contributed by atoms with Gasteiger partial charge in [-0.05, 0) is 12.8 Å². The summed E-state index contributed by atoms with van der Waals surface area (Å²) < 4.78 is 4.38. The first-order valence-electron chi connectivity index (χ1n) is 6.00. The fraction of sp³-hybridized carbons (Fsp3) is 0.818. The van der Waals surface area contributed by atoms with Gasteiger partial charge in [-0.2, -0.15) is 4.37 Å². The Morgan fingerprint density at radius 3 is 2.75 bits per heavy atom. The Morgan fingerprint density at radius 2 is 2.19 bits per heavy atom. The van der Waals surface area contributed by atoms with Crippen molar-refractivity contribution in [3.05, 3.63) is 5.82 Å². The van der Waals surface area contributed by atoms with Crippen LogP contribution in [-0.2, 0) is 6.42 Å². The van der Waals surface area contributed by atoms with Crippen LogP contribution in [0, 0.1) is 0 Å². The van der Waals surface area contributed by atoms with Crippen molar-refractivity contribution in [1.82, 2.24) is 9.36 Å². The van der Waals surface area contributed by atoms with Gasteiger partial charge in [-0.1, -0.05) is 35.7 Å². The Balaban J connectivity index is 2.10. The number of aromatic nitrogens is 2. The highest BCUT2D eigenvalue weighted by molar-refractivity contribution is 9.09. The lowest BCUT2D eigenvalue weighted by molar-refractivity contribution is 0.620. The largest absolute Gasteiger partial charge is 0.343 e. The minimum absolute atomic E-state index is 0.690. The molecule has 1 aromatic rings. The first-order valence-corrected chi connectivity index (χ1v) is 7.89. The van der Waals surface area contributed by atoms with Gasteiger partial charge in [0, 0.05) is 35.9 Å². The Bertz CT molecular complexity index is 323. The average Bonchev–Trinajstić information content (AvgIpc) is 2.97. The molecular formula is C11H18BrN3S. The second kappa shape index (κ2) is 5.96. The van der Waals surface area contributed by atoms with E-state index in [0.717, 1.165) is 29.3 Å². The van der Waals surface area contributed by atoms with Crippen LogP contribution in [0.4, 0.5) is 5.13 Å². The summed E-state index contributed by atoms with van der Waals surface area (Å²) in [6.07, 6.45) is 6.29. The van der Waals surface area contributed by atoms with E-state index in [1.54, 1.807) is 11.5 Å². The first kappa shape index (κ1) is 12.3. The van der Waals surface area contributed by atoms with E-state index in [0.29, 0.717) is 6.04 Å². The fourth-order valence-electron chi connectivity index (χ4n) is 2.25. The van der Waals surface area contributed by atoms with Crippen LogP contribution in [0.15, 0.2) is 0 Å². The highest BCUT2D eigenvalue weighted by atomic mass is 79.9. The molecule has 0 saturated heterocycles. The maximum absolute atomic E-state index is 4.60. The zero-order valence-electron chi connectivity index (χ0n) is 9.65. The average molecular weight is 304 g/mol. The second-order valence-corrected chi connectivity index (χ2v) is 5.69. The van der Waals surface area contributed by atoms with E-state index >= 15 is 0 Å². The zero-order valence-corrected chi connectivity index (χ0v) is 12.1. The third kappa shape index (κ3) is 2.74. The summed E-state index contributed by atoms with van der Waals surface area (Å²) in [5.74, 6) is 0.984. The summed E-state index contributed by atoms with van der Waals surface area (Å²) in [7, 11) is 0. The fourth-order valence-corrected chi connectivity index (χ4v) is 3.48. The molecule has 1 fully saturated rings. The summed E-state index contributed by atoms with van der Waals surface area (Å²) in [5.41, 5.74) is 0. The van der Waals surface area contributed by atoms with Gasteiger partial charge in [0.05, 0.1) is 0 Å². The summed E-state index contributed by atoms with van der Waals surface area (Å²) in [6, 6.07) is 0.690. The predicted octanol–water partition coefficient (Wildman–Crippen LogP) is 3.24. The molecule has 1 saturated carbocycles. The van der Waals surface area contributed by atoms with E-state index in [1.165, 1.54) is 25.7 Å². The van der Waals surface area contributed by atoms with Crippen LogP contribution in [0.2, 0.25) is 0 Å². The molecule has 0 aromatic carbocycles. The van der Waals surface area contributed by atoms with Gasteiger partial charge in [-0.3, -0.25) is 0 Å². The van der Waals surface area contributed by atoms with Crippen molar-refractivity contribution in [2.24, 2.45) is 0 Å². The number of alkyl halides is 1. The molecule has 0 atom stereocenters. The molecular weight excluding hydrogens is 286 g/mol. The molecule has 1 aromatic heterocycles. The number of rotatable bonds is 5. The molecule has 0 unspecified atom stereocenters. The van der Waals surface area contributed by atoms with Crippen molar-refractivity contribution in [2.45, 2.75) is 45.1 Å². The zero-order chi connectivity index (χ0) is 11.4. The molecule has 0 radical (unpaired) electrons. The summed E-state index contributed by atoms with van der Waals surface area (Å²) >= 11 is 5.09. The Morgan fingerprint density at radius 1 is 1.44 bits per heavy atom. The lowest BCUT2D eigenvalue weighted by atomic mass is 10.2. The van der Waals surface area contributed by atoms with Crippen LogP contribution in [-0.4, -0.2) is 27.3 Å². The van der Waals surface area contributed by atoms with Gasteiger partial charge in [-0.25, -0.2) is 4.98 Å². The molecule has 1 aliphatic rings. The lowest BCUT2D eigenvalue weighted by Gasteiger charge is -2.27. The molecule has 1 aliphatic carbocycles. The van der Waals surface area contributed by atoms with Crippen LogP contribution in [0.25, 0.3) is 0 Å². The molecule has 16 heavy (non-hydrogen) atoms. The van der Waals surface area contributed by atoms with Crippen molar-refractivity contribution in [3.63, 3.8) is 0 Å². The van der Waals surface area contributed by atoms with Crippen molar-refractivity contribution >= 4 is 32.6 Å². The van der Waals surface area contributed by atoms with Gasteiger partial charge in [0.15, 0.2) is 0 Å². The van der Waals surface area contributed by atoms with E-state index in [1.807, 2.05) is 0 Å². The van der Waals surface area contributed by atoms with E-state index in [9.17, 15) is 0 Å². The molecule has 3 nitrogen and oxygen atoms in total. The number of hydrogen-bond donors (Lipinski definition) is 0. The third-order valence-corrected chi connectivity index (χ3v) is 4.26. The number of aryl methyl sites for hydroxylation is 1. The van der Waals surface area contributed by atoms with E-state index in [-0.39, 0.29) is 0 Å². The lowest BCUT2D eigenvalue weighted by Crippen LogP contribution is -2.34. The van der Waals surface area contributed by atoms with Gasteiger partial charge < -0.3 is 4.90 Å². The molecule has 1 heterocycles. The minimum Gasteiger partial charge on any atom is -0.343 e. The maximum Gasteiger partial charge on any atom is 0.205 e. The van der Waals surface area contributed by atoms with E-state index in [2.05, 4.69) is 37.1 Å². The monoisotopic (exact) mass is 303 g/mol. The second-order valence-electron chi connectivity index (χ2n) is 4.17. The SMILES string of the molecule is CCc1nsc(N(CCBr)C2CCCC2)n1. The van der Waals surface area contributed by atoms with Crippen molar-refractivity contribution in [1.29, 1.82) is 0 Å². The normalized spacial score (nSPS) is 16.9.